The summed E-state index contributed by atoms with van der Waals surface area (Å²) in [5.41, 5.74) is 10.0. The molecular weight excluding hydrogens is 361 g/mol. The van der Waals surface area contributed by atoms with Crippen molar-refractivity contribution in [3.05, 3.63) is 50.5 Å². The van der Waals surface area contributed by atoms with Gasteiger partial charge in [0.15, 0.2) is 0 Å². The summed E-state index contributed by atoms with van der Waals surface area (Å²) in [4.78, 5) is 9.29. The van der Waals surface area contributed by atoms with Crippen LogP contribution < -0.4 is 5.73 Å². The Morgan fingerprint density at radius 1 is 1.25 bits per heavy atom. The molecule has 4 heteroatoms. The molecule has 0 bridgehead atoms. The minimum absolute atomic E-state index is 0.398. The number of halogens is 1. The first-order chi connectivity index (χ1) is 9.69. The second kappa shape index (κ2) is 5.68. The zero-order chi connectivity index (χ0) is 14.1. The van der Waals surface area contributed by atoms with Crippen LogP contribution in [0, 0.1) is 3.57 Å². The van der Waals surface area contributed by atoms with Crippen molar-refractivity contribution >= 4 is 28.4 Å². The Morgan fingerprint density at radius 2 is 2.00 bits per heavy atom. The van der Waals surface area contributed by atoms with Gasteiger partial charge in [0.2, 0.25) is 0 Å². The molecule has 20 heavy (non-hydrogen) atoms. The lowest BCUT2D eigenvalue weighted by Gasteiger charge is -2.24. The lowest BCUT2D eigenvalue weighted by Crippen LogP contribution is -2.17. The molecular formula is C16H18IN3. The molecule has 0 amide bonds. The van der Waals surface area contributed by atoms with Gasteiger partial charge in [0.25, 0.3) is 0 Å². The standard InChI is InChI=1S/C16H18IN3/c1-2-13-14(17)15(18)20-16(19-13)12-8-7-10-5-3-4-6-11(10)9-12/h3-6,12H,2,7-9H2,1H3,(H2,18,19,20). The van der Waals surface area contributed by atoms with E-state index in [9.17, 15) is 0 Å². The number of anilines is 1. The average Bonchev–Trinajstić information content (AvgIpc) is 2.49. The molecule has 3 rings (SSSR count). The van der Waals surface area contributed by atoms with Crippen LogP contribution in [0.4, 0.5) is 5.82 Å². The highest BCUT2D eigenvalue weighted by atomic mass is 127. The number of hydrogen-bond donors (Lipinski definition) is 1. The molecule has 0 radical (unpaired) electrons. The van der Waals surface area contributed by atoms with Gasteiger partial charge in [0.1, 0.15) is 11.6 Å². The predicted octanol–water partition coefficient (Wildman–Crippen LogP) is 3.50. The van der Waals surface area contributed by atoms with Crippen molar-refractivity contribution in [3.8, 4) is 0 Å². The summed E-state index contributed by atoms with van der Waals surface area (Å²) >= 11 is 2.24. The van der Waals surface area contributed by atoms with Crippen molar-refractivity contribution in [1.82, 2.24) is 9.97 Å². The van der Waals surface area contributed by atoms with Crippen LogP contribution >= 0.6 is 22.6 Å². The first kappa shape index (κ1) is 13.8. The van der Waals surface area contributed by atoms with Gasteiger partial charge >= 0.3 is 0 Å². The number of aromatic nitrogens is 2. The SMILES string of the molecule is CCc1nc(C2CCc3ccccc3C2)nc(N)c1I. The van der Waals surface area contributed by atoms with E-state index in [4.69, 9.17) is 10.7 Å². The lowest BCUT2D eigenvalue weighted by molar-refractivity contribution is 0.552. The maximum Gasteiger partial charge on any atom is 0.140 e. The molecule has 0 saturated carbocycles. The number of nitrogens with two attached hydrogens (primary N) is 1. The molecule has 2 aromatic rings. The van der Waals surface area contributed by atoms with Crippen LogP contribution in [0.25, 0.3) is 0 Å². The Hall–Kier alpha value is -1.17. The van der Waals surface area contributed by atoms with Crippen molar-refractivity contribution in [1.29, 1.82) is 0 Å². The van der Waals surface area contributed by atoms with Crippen LogP contribution in [0.15, 0.2) is 24.3 Å². The average molecular weight is 379 g/mol. The van der Waals surface area contributed by atoms with Crippen LogP contribution in [-0.2, 0) is 19.3 Å². The number of benzene rings is 1. The van der Waals surface area contributed by atoms with Crippen LogP contribution in [0.2, 0.25) is 0 Å². The molecule has 0 spiro atoms. The van der Waals surface area contributed by atoms with E-state index in [0.717, 1.165) is 40.8 Å². The molecule has 3 nitrogen and oxygen atoms in total. The fourth-order valence-corrected chi connectivity index (χ4v) is 3.49. The van der Waals surface area contributed by atoms with E-state index in [2.05, 4.69) is 58.8 Å². The second-order valence-corrected chi connectivity index (χ2v) is 6.37. The van der Waals surface area contributed by atoms with E-state index >= 15 is 0 Å². The summed E-state index contributed by atoms with van der Waals surface area (Å²) in [5.74, 6) is 1.95. The molecule has 1 heterocycles. The zero-order valence-corrected chi connectivity index (χ0v) is 13.7. The van der Waals surface area contributed by atoms with Crippen LogP contribution in [0.5, 0.6) is 0 Å². The van der Waals surface area contributed by atoms with Gasteiger partial charge in [-0.05, 0) is 59.4 Å². The number of nitrogens with zero attached hydrogens (tertiary/aromatic N) is 2. The third kappa shape index (κ3) is 2.53. The maximum absolute atomic E-state index is 6.04. The Labute approximate surface area is 133 Å². The molecule has 104 valence electrons. The van der Waals surface area contributed by atoms with E-state index in [1.54, 1.807) is 0 Å². The topological polar surface area (TPSA) is 51.8 Å². The highest BCUT2D eigenvalue weighted by Crippen LogP contribution is 2.32. The zero-order valence-electron chi connectivity index (χ0n) is 11.6. The van der Waals surface area contributed by atoms with Crippen molar-refractivity contribution in [2.75, 3.05) is 5.73 Å². The Balaban J connectivity index is 1.93. The highest BCUT2D eigenvalue weighted by Gasteiger charge is 2.23. The fraction of sp³-hybridized carbons (Fsp3) is 0.375. The second-order valence-electron chi connectivity index (χ2n) is 5.29. The van der Waals surface area contributed by atoms with Gasteiger partial charge in [-0.1, -0.05) is 31.2 Å². The molecule has 0 aliphatic heterocycles. The van der Waals surface area contributed by atoms with Gasteiger partial charge in [-0.2, -0.15) is 0 Å². The molecule has 0 fully saturated rings. The van der Waals surface area contributed by atoms with Crippen molar-refractivity contribution in [2.45, 2.75) is 38.5 Å². The smallest absolute Gasteiger partial charge is 0.140 e. The van der Waals surface area contributed by atoms with Crippen molar-refractivity contribution in [3.63, 3.8) is 0 Å². The number of hydrogen-bond acceptors (Lipinski definition) is 3. The van der Waals surface area contributed by atoms with Gasteiger partial charge in [-0.25, -0.2) is 9.97 Å². The predicted molar refractivity (Wildman–Crippen MR) is 89.7 cm³/mol. The minimum Gasteiger partial charge on any atom is -0.383 e. The van der Waals surface area contributed by atoms with E-state index in [1.807, 2.05) is 0 Å². The van der Waals surface area contributed by atoms with E-state index in [-0.39, 0.29) is 0 Å². The van der Waals surface area contributed by atoms with Crippen LogP contribution in [0.1, 0.15) is 41.9 Å². The van der Waals surface area contributed by atoms with E-state index in [1.165, 1.54) is 11.1 Å². The summed E-state index contributed by atoms with van der Waals surface area (Å²) in [6.07, 6.45) is 4.15. The lowest BCUT2D eigenvalue weighted by atomic mass is 9.83. The minimum atomic E-state index is 0.398. The molecule has 2 N–H and O–H groups in total. The molecule has 1 aromatic carbocycles. The Morgan fingerprint density at radius 3 is 2.75 bits per heavy atom. The Kier molecular flexibility index (Phi) is 3.92. The summed E-state index contributed by atoms with van der Waals surface area (Å²) in [7, 11) is 0. The van der Waals surface area contributed by atoms with Gasteiger partial charge in [0, 0.05) is 5.92 Å². The molecule has 1 aliphatic carbocycles. The number of rotatable bonds is 2. The molecule has 1 aliphatic rings. The quantitative estimate of drug-likeness (QED) is 0.813. The molecule has 0 saturated heterocycles. The summed E-state index contributed by atoms with van der Waals surface area (Å²) in [5, 5.41) is 0. The van der Waals surface area contributed by atoms with Crippen molar-refractivity contribution in [2.24, 2.45) is 0 Å². The van der Waals surface area contributed by atoms with Gasteiger partial charge in [0.05, 0.1) is 9.26 Å². The van der Waals surface area contributed by atoms with Gasteiger partial charge < -0.3 is 5.73 Å². The highest BCUT2D eigenvalue weighted by molar-refractivity contribution is 14.1. The summed E-state index contributed by atoms with van der Waals surface area (Å²) in [6, 6.07) is 8.68. The number of aryl methyl sites for hydroxylation is 2. The summed E-state index contributed by atoms with van der Waals surface area (Å²) in [6.45, 7) is 2.11. The van der Waals surface area contributed by atoms with Crippen LogP contribution in [-0.4, -0.2) is 9.97 Å². The van der Waals surface area contributed by atoms with E-state index < -0.39 is 0 Å². The third-order valence-electron chi connectivity index (χ3n) is 4.01. The largest absolute Gasteiger partial charge is 0.383 e. The molecule has 1 aromatic heterocycles. The number of fused-ring (bicyclic) bond motifs is 1. The monoisotopic (exact) mass is 379 g/mol. The van der Waals surface area contributed by atoms with E-state index in [0.29, 0.717) is 11.7 Å². The normalized spacial score (nSPS) is 17.8. The molecule has 1 atom stereocenters. The maximum atomic E-state index is 6.04. The molecule has 1 unspecified atom stereocenters. The fourth-order valence-electron chi connectivity index (χ4n) is 2.87. The van der Waals surface area contributed by atoms with Gasteiger partial charge in [-0.3, -0.25) is 0 Å². The first-order valence-corrected chi connectivity index (χ1v) is 8.15. The van der Waals surface area contributed by atoms with Crippen LogP contribution in [0.3, 0.4) is 0 Å². The first-order valence-electron chi connectivity index (χ1n) is 7.07. The number of nitrogen functional groups attached to an aromatic ring is 1. The third-order valence-corrected chi connectivity index (χ3v) is 5.18. The Bertz CT molecular complexity index is 640. The summed E-state index contributed by atoms with van der Waals surface area (Å²) < 4.78 is 1.00. The van der Waals surface area contributed by atoms with Gasteiger partial charge in [-0.15, -0.1) is 0 Å². The van der Waals surface area contributed by atoms with Crippen molar-refractivity contribution < 1.29 is 0 Å².